The standard InChI is InChI=1S/C16H28N2O.ClH/c1-2-12-4-3-5-13(10-12)18-15(19)14-11-16(14)6-8-17-9-7-16;/h12-14,17H,2-11H2,1H3,(H,18,19);1H. The molecule has 0 aromatic carbocycles. The largest absolute Gasteiger partial charge is 0.353 e. The van der Waals surface area contributed by atoms with Crippen molar-refractivity contribution in [3.05, 3.63) is 0 Å². The lowest BCUT2D eigenvalue weighted by atomic mass is 9.84. The number of nitrogens with one attached hydrogen (secondary N) is 2. The Labute approximate surface area is 129 Å². The Hall–Kier alpha value is -0.280. The fourth-order valence-corrected chi connectivity index (χ4v) is 4.29. The van der Waals surface area contributed by atoms with Crippen molar-refractivity contribution in [1.29, 1.82) is 0 Å². The maximum atomic E-state index is 12.4. The molecule has 3 rings (SSSR count). The molecule has 0 radical (unpaired) electrons. The molecule has 0 bridgehead atoms. The fraction of sp³-hybridized carbons (Fsp3) is 0.938. The summed E-state index contributed by atoms with van der Waals surface area (Å²) in [6.07, 6.45) is 9.88. The van der Waals surface area contributed by atoms with E-state index >= 15 is 0 Å². The van der Waals surface area contributed by atoms with Gasteiger partial charge in [-0.2, -0.15) is 0 Å². The van der Waals surface area contributed by atoms with Crippen molar-refractivity contribution in [2.45, 2.75) is 64.3 Å². The van der Waals surface area contributed by atoms with Crippen LogP contribution in [0.15, 0.2) is 0 Å². The summed E-state index contributed by atoms with van der Waals surface area (Å²) >= 11 is 0. The molecule has 3 aliphatic rings. The second kappa shape index (κ2) is 6.65. The molecule has 20 heavy (non-hydrogen) atoms. The molecule has 2 aliphatic carbocycles. The Morgan fingerprint density at radius 2 is 2.05 bits per heavy atom. The first-order valence-electron chi connectivity index (χ1n) is 8.24. The molecule has 0 aromatic rings. The summed E-state index contributed by atoms with van der Waals surface area (Å²) in [6.45, 7) is 4.48. The van der Waals surface area contributed by atoms with E-state index in [-0.39, 0.29) is 12.4 Å². The van der Waals surface area contributed by atoms with Crippen molar-refractivity contribution in [3.63, 3.8) is 0 Å². The molecule has 0 aromatic heterocycles. The number of halogens is 1. The van der Waals surface area contributed by atoms with Crippen LogP contribution in [0.2, 0.25) is 0 Å². The van der Waals surface area contributed by atoms with Crippen LogP contribution in [0, 0.1) is 17.3 Å². The van der Waals surface area contributed by atoms with Crippen LogP contribution in [-0.4, -0.2) is 25.0 Å². The van der Waals surface area contributed by atoms with Gasteiger partial charge in [0, 0.05) is 12.0 Å². The molecule has 2 N–H and O–H groups in total. The second-order valence-electron chi connectivity index (χ2n) is 7.02. The summed E-state index contributed by atoms with van der Waals surface area (Å²) in [5.41, 5.74) is 0.383. The smallest absolute Gasteiger partial charge is 0.223 e. The number of piperidine rings is 1. The molecule has 1 saturated heterocycles. The van der Waals surface area contributed by atoms with Crippen molar-refractivity contribution < 1.29 is 4.79 Å². The van der Waals surface area contributed by atoms with Crippen LogP contribution in [0.5, 0.6) is 0 Å². The Kier molecular flexibility index (Phi) is 5.36. The third-order valence-corrected chi connectivity index (χ3v) is 5.81. The third kappa shape index (κ3) is 3.30. The Bertz CT molecular complexity index is 341. The van der Waals surface area contributed by atoms with E-state index in [1.807, 2.05) is 0 Å². The first-order chi connectivity index (χ1) is 9.23. The third-order valence-electron chi connectivity index (χ3n) is 5.81. The summed E-state index contributed by atoms with van der Waals surface area (Å²) < 4.78 is 0. The van der Waals surface area contributed by atoms with E-state index in [0.29, 0.717) is 23.3 Å². The molecule has 3 nitrogen and oxygen atoms in total. The predicted molar refractivity (Wildman–Crippen MR) is 84.1 cm³/mol. The van der Waals surface area contributed by atoms with Gasteiger partial charge in [0.25, 0.3) is 0 Å². The molecular formula is C16H29ClN2O. The maximum Gasteiger partial charge on any atom is 0.223 e. The minimum Gasteiger partial charge on any atom is -0.353 e. The number of hydrogen-bond donors (Lipinski definition) is 2. The van der Waals surface area contributed by atoms with Gasteiger partial charge >= 0.3 is 0 Å². The van der Waals surface area contributed by atoms with Gasteiger partial charge in [-0.05, 0) is 56.5 Å². The zero-order valence-electron chi connectivity index (χ0n) is 12.6. The average molecular weight is 301 g/mol. The van der Waals surface area contributed by atoms with E-state index in [2.05, 4.69) is 17.6 Å². The molecule has 3 unspecified atom stereocenters. The van der Waals surface area contributed by atoms with Crippen molar-refractivity contribution in [1.82, 2.24) is 10.6 Å². The van der Waals surface area contributed by atoms with E-state index in [1.54, 1.807) is 0 Å². The highest BCUT2D eigenvalue weighted by atomic mass is 35.5. The summed E-state index contributed by atoms with van der Waals surface area (Å²) in [5, 5.41) is 6.76. The van der Waals surface area contributed by atoms with E-state index < -0.39 is 0 Å². The normalized spacial score (nSPS) is 35.1. The summed E-state index contributed by atoms with van der Waals surface area (Å²) in [5.74, 6) is 1.53. The molecule has 1 spiro atoms. The second-order valence-corrected chi connectivity index (χ2v) is 7.02. The monoisotopic (exact) mass is 300 g/mol. The van der Waals surface area contributed by atoms with Gasteiger partial charge in [0.05, 0.1) is 0 Å². The van der Waals surface area contributed by atoms with Crippen LogP contribution >= 0.6 is 12.4 Å². The van der Waals surface area contributed by atoms with Gasteiger partial charge in [-0.3, -0.25) is 4.79 Å². The fourth-order valence-electron chi connectivity index (χ4n) is 4.29. The van der Waals surface area contributed by atoms with Crippen molar-refractivity contribution >= 4 is 18.3 Å². The Morgan fingerprint density at radius 1 is 1.30 bits per heavy atom. The van der Waals surface area contributed by atoms with E-state index in [9.17, 15) is 4.79 Å². The number of amides is 1. The summed E-state index contributed by atoms with van der Waals surface area (Å²) in [6, 6.07) is 0.463. The molecule has 1 aliphatic heterocycles. The van der Waals surface area contributed by atoms with Crippen molar-refractivity contribution in [2.75, 3.05) is 13.1 Å². The minimum absolute atomic E-state index is 0. The van der Waals surface area contributed by atoms with Crippen LogP contribution in [0.3, 0.4) is 0 Å². The highest BCUT2D eigenvalue weighted by molar-refractivity contribution is 5.85. The van der Waals surface area contributed by atoms with Gasteiger partial charge in [-0.15, -0.1) is 12.4 Å². The van der Waals surface area contributed by atoms with E-state index in [1.165, 1.54) is 44.9 Å². The first-order valence-corrected chi connectivity index (χ1v) is 8.24. The zero-order chi connectivity index (χ0) is 13.3. The van der Waals surface area contributed by atoms with Crippen LogP contribution in [0.25, 0.3) is 0 Å². The SMILES string of the molecule is CCC1CCCC(NC(=O)C2CC23CCNCC3)C1.Cl. The summed E-state index contributed by atoms with van der Waals surface area (Å²) in [7, 11) is 0. The molecule has 1 amide bonds. The van der Waals surface area contributed by atoms with Crippen LogP contribution < -0.4 is 10.6 Å². The quantitative estimate of drug-likeness (QED) is 0.841. The molecule has 116 valence electrons. The number of carbonyl (C=O) groups is 1. The van der Waals surface area contributed by atoms with Crippen LogP contribution in [0.4, 0.5) is 0 Å². The molecule has 4 heteroatoms. The first kappa shape index (κ1) is 16.1. The molecular weight excluding hydrogens is 272 g/mol. The highest BCUT2D eigenvalue weighted by Crippen LogP contribution is 2.58. The van der Waals surface area contributed by atoms with E-state index in [4.69, 9.17) is 0 Å². The van der Waals surface area contributed by atoms with Crippen LogP contribution in [-0.2, 0) is 4.79 Å². The van der Waals surface area contributed by atoms with Gasteiger partial charge in [0.1, 0.15) is 0 Å². The summed E-state index contributed by atoms with van der Waals surface area (Å²) in [4.78, 5) is 12.4. The lowest BCUT2D eigenvalue weighted by Crippen LogP contribution is -2.41. The van der Waals surface area contributed by atoms with Gasteiger partial charge in [0.2, 0.25) is 5.91 Å². The topological polar surface area (TPSA) is 41.1 Å². The zero-order valence-corrected chi connectivity index (χ0v) is 13.4. The van der Waals surface area contributed by atoms with Crippen molar-refractivity contribution in [3.8, 4) is 0 Å². The number of carbonyl (C=O) groups excluding carboxylic acids is 1. The Morgan fingerprint density at radius 3 is 2.75 bits per heavy atom. The lowest BCUT2D eigenvalue weighted by Gasteiger charge is -2.30. The molecule has 1 heterocycles. The average Bonchev–Trinajstić information content (AvgIpc) is 3.13. The molecule has 3 atom stereocenters. The number of hydrogen-bond acceptors (Lipinski definition) is 2. The van der Waals surface area contributed by atoms with Gasteiger partial charge < -0.3 is 10.6 Å². The number of rotatable bonds is 3. The van der Waals surface area contributed by atoms with E-state index in [0.717, 1.165) is 25.4 Å². The predicted octanol–water partition coefficient (Wildman–Crippen LogP) is 2.88. The highest BCUT2D eigenvalue weighted by Gasteiger charge is 2.57. The Balaban J connectivity index is 0.00000147. The molecule has 2 saturated carbocycles. The van der Waals surface area contributed by atoms with Crippen molar-refractivity contribution in [2.24, 2.45) is 17.3 Å². The molecule has 3 fully saturated rings. The van der Waals surface area contributed by atoms with Crippen LogP contribution in [0.1, 0.15) is 58.3 Å². The maximum absolute atomic E-state index is 12.4. The van der Waals surface area contributed by atoms with Gasteiger partial charge in [-0.1, -0.05) is 26.2 Å². The minimum atomic E-state index is 0. The van der Waals surface area contributed by atoms with Gasteiger partial charge in [0.15, 0.2) is 0 Å². The lowest BCUT2D eigenvalue weighted by molar-refractivity contribution is -0.124. The van der Waals surface area contributed by atoms with Gasteiger partial charge in [-0.25, -0.2) is 0 Å².